The summed E-state index contributed by atoms with van der Waals surface area (Å²) in [6, 6.07) is 17.0. The summed E-state index contributed by atoms with van der Waals surface area (Å²) < 4.78 is 5.12. The van der Waals surface area contributed by atoms with E-state index in [9.17, 15) is 24.3 Å². The number of aliphatic carboxylic acids is 1. The van der Waals surface area contributed by atoms with E-state index in [1.165, 1.54) is 0 Å². The second kappa shape index (κ2) is 14.4. The summed E-state index contributed by atoms with van der Waals surface area (Å²) in [5, 5.41) is 18.7. The lowest BCUT2D eigenvalue weighted by atomic mass is 9.81. The fraction of sp³-hybridized carbons (Fsp3) is 0.312. The van der Waals surface area contributed by atoms with Crippen LogP contribution in [-0.4, -0.2) is 48.5 Å². The highest BCUT2D eigenvalue weighted by atomic mass is 35.5. The van der Waals surface area contributed by atoms with Crippen molar-refractivity contribution in [2.24, 2.45) is 5.41 Å². The van der Waals surface area contributed by atoms with E-state index in [0.717, 1.165) is 12.8 Å². The maximum atomic E-state index is 13.5. The van der Waals surface area contributed by atoms with Crippen LogP contribution in [0.15, 0.2) is 66.7 Å². The van der Waals surface area contributed by atoms with Crippen LogP contribution >= 0.6 is 23.2 Å². The Labute approximate surface area is 259 Å². The molecule has 3 aromatic rings. The van der Waals surface area contributed by atoms with Crippen LogP contribution in [0.2, 0.25) is 10.0 Å². The third-order valence-corrected chi connectivity index (χ3v) is 8.36. The van der Waals surface area contributed by atoms with Gasteiger partial charge in [0.25, 0.3) is 11.8 Å². The molecule has 1 aliphatic carbocycles. The van der Waals surface area contributed by atoms with Crippen molar-refractivity contribution in [1.29, 1.82) is 0 Å². The predicted molar refractivity (Wildman–Crippen MR) is 165 cm³/mol. The number of halogens is 2. The monoisotopic (exact) mass is 625 g/mol. The molecule has 1 atom stereocenters. The van der Waals surface area contributed by atoms with Crippen molar-refractivity contribution >= 4 is 52.6 Å². The molecule has 0 unspecified atom stereocenters. The minimum Gasteiger partial charge on any atom is -0.497 e. The Hall–Kier alpha value is -4.08. The van der Waals surface area contributed by atoms with E-state index in [1.54, 1.807) is 73.8 Å². The Morgan fingerprint density at radius 2 is 1.53 bits per heavy atom. The first-order valence-corrected chi connectivity index (χ1v) is 14.7. The van der Waals surface area contributed by atoms with Crippen molar-refractivity contribution in [2.75, 3.05) is 19.0 Å². The zero-order valence-corrected chi connectivity index (χ0v) is 25.1. The van der Waals surface area contributed by atoms with Gasteiger partial charge in [0.2, 0.25) is 5.91 Å². The van der Waals surface area contributed by atoms with Gasteiger partial charge in [-0.15, -0.1) is 0 Å². The average molecular weight is 627 g/mol. The minimum atomic E-state index is -1.15. The van der Waals surface area contributed by atoms with Gasteiger partial charge in [-0.1, -0.05) is 54.2 Å². The quantitative estimate of drug-likeness (QED) is 0.203. The number of carbonyl (C=O) groups excluding carboxylic acids is 3. The molecule has 0 radical (unpaired) electrons. The molecule has 0 saturated heterocycles. The number of benzene rings is 3. The highest BCUT2D eigenvalue weighted by Crippen LogP contribution is 2.41. The second-order valence-electron chi connectivity index (χ2n) is 10.5. The average Bonchev–Trinajstić information content (AvgIpc) is 3.47. The normalized spacial score (nSPS) is 14.4. The number of carboxylic acid groups (broad SMARTS) is 1. The lowest BCUT2D eigenvalue weighted by Crippen LogP contribution is -2.49. The lowest BCUT2D eigenvalue weighted by molar-refractivity contribution is -0.144. The van der Waals surface area contributed by atoms with Crippen molar-refractivity contribution in [3.8, 4) is 5.75 Å². The molecule has 0 spiro atoms. The van der Waals surface area contributed by atoms with Gasteiger partial charge in [-0.25, -0.2) is 4.79 Å². The van der Waals surface area contributed by atoms with E-state index in [4.69, 9.17) is 27.9 Å². The Kier molecular flexibility index (Phi) is 10.7. The molecule has 9 nitrogen and oxygen atoms in total. The first-order chi connectivity index (χ1) is 20.6. The van der Waals surface area contributed by atoms with Gasteiger partial charge in [0.1, 0.15) is 11.8 Å². The summed E-state index contributed by atoms with van der Waals surface area (Å²) in [6.45, 7) is 0.280. The molecule has 3 aromatic carbocycles. The number of nitrogens with one attached hydrogen (secondary N) is 3. The van der Waals surface area contributed by atoms with E-state index in [2.05, 4.69) is 16.0 Å². The zero-order valence-electron chi connectivity index (χ0n) is 23.6. The van der Waals surface area contributed by atoms with E-state index in [1.807, 2.05) is 0 Å². The maximum absolute atomic E-state index is 13.5. The van der Waals surface area contributed by atoms with Gasteiger partial charge < -0.3 is 25.8 Å². The van der Waals surface area contributed by atoms with Crippen LogP contribution in [0.5, 0.6) is 5.75 Å². The van der Waals surface area contributed by atoms with Gasteiger partial charge in [0, 0.05) is 24.2 Å². The summed E-state index contributed by atoms with van der Waals surface area (Å²) in [5.41, 5.74) is 1.02. The number of anilines is 1. The minimum absolute atomic E-state index is 0.0515. The Morgan fingerprint density at radius 1 is 0.907 bits per heavy atom. The number of rotatable bonds is 12. The van der Waals surface area contributed by atoms with Crippen LogP contribution in [0, 0.1) is 5.41 Å². The molecule has 0 bridgehead atoms. The van der Waals surface area contributed by atoms with Crippen molar-refractivity contribution in [1.82, 2.24) is 10.6 Å². The van der Waals surface area contributed by atoms with E-state index < -0.39 is 23.3 Å². The zero-order chi connectivity index (χ0) is 31.0. The number of hydrogen-bond acceptors (Lipinski definition) is 5. The summed E-state index contributed by atoms with van der Waals surface area (Å²) in [5.74, 6) is -1.56. The Balaban J connectivity index is 1.35. The number of amides is 3. The van der Waals surface area contributed by atoms with Crippen LogP contribution in [0.4, 0.5) is 5.69 Å². The Morgan fingerprint density at radius 3 is 2.12 bits per heavy atom. The number of ether oxygens (including phenoxy) is 1. The van der Waals surface area contributed by atoms with Gasteiger partial charge in [-0.05, 0) is 73.4 Å². The smallest absolute Gasteiger partial charge is 0.326 e. The van der Waals surface area contributed by atoms with Crippen LogP contribution < -0.4 is 20.7 Å². The third kappa shape index (κ3) is 8.06. The summed E-state index contributed by atoms with van der Waals surface area (Å²) >= 11 is 12.2. The summed E-state index contributed by atoms with van der Waals surface area (Å²) in [7, 11) is 1.55. The maximum Gasteiger partial charge on any atom is 0.326 e. The Bertz CT molecular complexity index is 1450. The standard InChI is InChI=1S/C32H33Cl2N3O6/c1-43-23-13-9-21(10-14-23)28(38)35-18-17-32(15-2-3-16-32)31(42)37-26(30(40)41)19-20-7-11-22(12-8-20)36-29(39)27-24(33)5-4-6-25(27)34/h4-14,26H,2-3,15-19H2,1H3,(H,35,38)(H,36,39)(H,37,42)(H,40,41)/t26-/m0/s1. The number of hydrogen-bond donors (Lipinski definition) is 4. The number of carboxylic acids is 1. The second-order valence-corrected chi connectivity index (χ2v) is 11.4. The molecule has 226 valence electrons. The molecular formula is C32H33Cl2N3O6. The largest absolute Gasteiger partial charge is 0.497 e. The van der Waals surface area contributed by atoms with Crippen LogP contribution in [0.3, 0.4) is 0 Å². The van der Waals surface area contributed by atoms with Gasteiger partial charge >= 0.3 is 5.97 Å². The number of carbonyl (C=O) groups is 4. The molecule has 0 aliphatic heterocycles. The fourth-order valence-corrected chi connectivity index (χ4v) is 5.85. The van der Waals surface area contributed by atoms with E-state index in [0.29, 0.717) is 41.8 Å². The molecule has 1 saturated carbocycles. The molecule has 4 N–H and O–H groups in total. The molecule has 0 heterocycles. The SMILES string of the molecule is COc1ccc(C(=O)NCCC2(C(=O)N[C@@H](Cc3ccc(NC(=O)c4c(Cl)cccc4Cl)cc3)C(=O)O)CCCC2)cc1. The molecular weight excluding hydrogens is 593 g/mol. The lowest BCUT2D eigenvalue weighted by Gasteiger charge is -2.29. The first-order valence-electron chi connectivity index (χ1n) is 13.9. The fourth-order valence-electron chi connectivity index (χ4n) is 5.28. The number of methoxy groups -OCH3 is 1. The third-order valence-electron chi connectivity index (χ3n) is 7.73. The predicted octanol–water partition coefficient (Wildman–Crippen LogP) is 5.75. The first kappa shape index (κ1) is 31.8. The molecule has 3 amide bonds. The van der Waals surface area contributed by atoms with Gasteiger partial charge in [0.15, 0.2) is 0 Å². The summed E-state index contributed by atoms with van der Waals surface area (Å²) in [6.07, 6.45) is 3.39. The highest BCUT2D eigenvalue weighted by molar-refractivity contribution is 6.40. The molecule has 1 aliphatic rings. The van der Waals surface area contributed by atoms with Crippen molar-refractivity contribution in [2.45, 2.75) is 44.6 Å². The van der Waals surface area contributed by atoms with Gasteiger partial charge in [-0.3, -0.25) is 14.4 Å². The van der Waals surface area contributed by atoms with Crippen molar-refractivity contribution in [3.63, 3.8) is 0 Å². The van der Waals surface area contributed by atoms with E-state index >= 15 is 0 Å². The molecule has 0 aromatic heterocycles. The van der Waals surface area contributed by atoms with Crippen molar-refractivity contribution < 1.29 is 29.0 Å². The molecule has 4 rings (SSSR count). The summed E-state index contributed by atoms with van der Waals surface area (Å²) in [4.78, 5) is 50.9. The molecule has 43 heavy (non-hydrogen) atoms. The van der Waals surface area contributed by atoms with E-state index in [-0.39, 0.29) is 40.4 Å². The van der Waals surface area contributed by atoms with Crippen LogP contribution in [0.1, 0.15) is 58.4 Å². The highest BCUT2D eigenvalue weighted by Gasteiger charge is 2.42. The van der Waals surface area contributed by atoms with Crippen LogP contribution in [0.25, 0.3) is 0 Å². The van der Waals surface area contributed by atoms with Gasteiger partial charge in [0.05, 0.1) is 28.1 Å². The van der Waals surface area contributed by atoms with Crippen molar-refractivity contribution in [3.05, 3.63) is 93.5 Å². The van der Waals surface area contributed by atoms with Crippen LogP contribution in [-0.2, 0) is 16.0 Å². The molecule has 1 fully saturated rings. The molecule has 11 heteroatoms. The van der Waals surface area contributed by atoms with Gasteiger partial charge in [-0.2, -0.15) is 0 Å². The topological polar surface area (TPSA) is 134 Å².